The SMILES string of the molecule is N=C(N)NCCC[C@@H](NC(=O)[C@@H]1CCCN1C(=O)[C@@H]1CSSCCC(=O)C[C@@H](Cc2ccc(O)c(Cl)c2)C(=O)N[C@@H](Cc2ccccc2)C(=O)N[C@@H](CCC(N)=O)C(=O)N[C@@H](CC(N)=O)C(=O)N[C@H](C(=O)N2CCC[C@H]2C(=O)N[C@H](CCCNC(=N)N)C(=O)NCC(N)=O)CSSCCC(=O)N[C@@H](Cc2ccc(O)c(Cl)c2)C(=O)N[C@@H](Cc2ccccc2)C(=O)N[C@@H](CCC(N)=O)C(=O)C[C@@H](CC(N)=O)C(=O)N1)C(=O)NCC(N)=O. The van der Waals surface area contributed by atoms with Crippen LogP contribution in [0.5, 0.6) is 11.5 Å². The summed E-state index contributed by atoms with van der Waals surface area (Å²) in [4.78, 5) is 315. The number of nitrogens with zero attached hydrogens (tertiary/aromatic N) is 2. The first kappa shape index (κ1) is 123. The quantitative estimate of drug-likeness (QED) is 0.00867. The molecule has 3 fully saturated rings. The Labute approximate surface area is 887 Å². The predicted octanol–water partition coefficient (Wildman–Crippen LogP) is -4.78. The maximum atomic E-state index is 15.4. The summed E-state index contributed by atoms with van der Waals surface area (Å²) in [6.45, 7) is -1.52. The van der Waals surface area contributed by atoms with Crippen molar-refractivity contribution in [2.75, 3.05) is 62.3 Å². The molecular formula is C94H128Cl2N26O24S4. The number of Topliss-reactive ketones (excluding diaryl/α,β-unsaturated/α-hetero) is 2. The molecule has 150 heavy (non-hydrogen) atoms. The molecule has 56 heteroatoms. The highest BCUT2D eigenvalue weighted by Crippen LogP contribution is 2.32. The summed E-state index contributed by atoms with van der Waals surface area (Å²) < 4.78 is 0. The van der Waals surface area contributed by atoms with Crippen LogP contribution in [0.4, 0.5) is 0 Å². The van der Waals surface area contributed by atoms with Gasteiger partial charge in [0, 0.05) is 119 Å². The average molecular weight is 2210 g/mol. The number of hydrogen-bond donors (Lipinski definition) is 26. The standard InChI is InChI=1S/C94H128Cl2N26O24S4/c95-56-36-51(19-23-70(56)124)35-53-41-55(123)27-33-147-149-47-66(91(145)121-31-9-17-68(121)89(143)114-59(15-7-29-107-93(103)104)82(136)109-45-77(101)131)119-81(135)54(43-75(99)129)42-72(126)58(21-25-73(97)127)112-86(140)64(39-50-13-5-2-6-14-50)117-85(139)62(40-52-20-24-71(125)57(96)37-52)111-79(133)28-34-148-150-48-67(92(146)122-32-10-18-69(122)90(144)115-60(16-8-30-108-94(105)106)83(137)110-46-78(102)132)120-88(142)65(44-76(100)130)118-84(138)61(22-26-74(98)128)113-87(141)63(116-80(53)134)38-49-11-3-1-4-12-49/h1-6,11-14,19-20,23-24,36-37,53-54,58-69,124-125H,7-10,15-18,21-22,25-35,38-48H2,(H2,97,127)(H2,98,128)(H2,99,129)(H2,100,130)(H2,101,131)(H2,102,132)(H,109,136)(H,110,137)(H,111,133)(H,112,140)(H,113,141)(H,114,143)(H,115,144)(H,116,134)(H,117,139)(H,118,138)(H,119,135)(H,120,142)(H4,103,104,107)(H4,105,106,108)/t53-,54+,58+,59-,60-,61+,62+,63+,64+,65+,66+,67+,68+,69+/m1/s1. The van der Waals surface area contributed by atoms with Crippen LogP contribution in [0.25, 0.3) is 0 Å². The van der Waals surface area contributed by atoms with Crippen molar-refractivity contribution >= 4 is 208 Å². The van der Waals surface area contributed by atoms with Gasteiger partial charge in [0.25, 0.3) is 0 Å². The molecule has 34 N–H and O–H groups in total. The van der Waals surface area contributed by atoms with Gasteiger partial charge in [-0.25, -0.2) is 0 Å². The van der Waals surface area contributed by atoms with E-state index in [4.69, 9.17) is 79.9 Å². The number of guanidine groups is 2. The van der Waals surface area contributed by atoms with Crippen LogP contribution in [0.2, 0.25) is 10.0 Å². The number of primary amides is 6. The highest BCUT2D eigenvalue weighted by molar-refractivity contribution is 8.77. The van der Waals surface area contributed by atoms with Crippen LogP contribution in [-0.4, -0.2) is 296 Å². The fourth-order valence-corrected chi connectivity index (χ4v) is 21.0. The van der Waals surface area contributed by atoms with E-state index in [0.717, 1.165) is 53.0 Å². The number of carbonyl (C=O) groups is 22. The molecule has 0 radical (unpaired) electrons. The third kappa shape index (κ3) is 43.1. The zero-order valence-corrected chi connectivity index (χ0v) is 86.5. The fraction of sp³-hybridized carbons (Fsp3) is 0.489. The molecule has 20 amide bonds. The van der Waals surface area contributed by atoms with E-state index in [1.54, 1.807) is 60.7 Å². The van der Waals surface area contributed by atoms with E-state index in [9.17, 15) is 67.7 Å². The zero-order valence-electron chi connectivity index (χ0n) is 81.7. The van der Waals surface area contributed by atoms with Crippen molar-refractivity contribution in [2.45, 2.75) is 214 Å². The lowest BCUT2D eigenvalue weighted by molar-refractivity contribution is -0.142. The van der Waals surface area contributed by atoms with Gasteiger partial charge in [0.2, 0.25) is 118 Å². The molecule has 0 unspecified atom stereocenters. The molecule has 0 spiro atoms. The summed E-state index contributed by atoms with van der Waals surface area (Å²) in [5, 5.41) is 71.4. The lowest BCUT2D eigenvalue weighted by Gasteiger charge is -2.30. The second-order valence-corrected chi connectivity index (χ2v) is 41.7. The van der Waals surface area contributed by atoms with Gasteiger partial charge in [-0.15, -0.1) is 0 Å². The molecule has 3 aliphatic rings. The first-order valence-electron chi connectivity index (χ1n) is 47.8. The monoisotopic (exact) mass is 2200 g/mol. The molecule has 3 aliphatic heterocycles. The van der Waals surface area contributed by atoms with Gasteiger partial charge in [-0.1, -0.05) is 139 Å². The Morgan fingerprint density at radius 3 is 1.25 bits per heavy atom. The Balaban J connectivity index is 1.33. The Kier molecular flexibility index (Phi) is 51.4. The molecule has 14 atom stereocenters. The molecule has 7 rings (SSSR count). The van der Waals surface area contributed by atoms with Crippen molar-refractivity contribution in [3.8, 4) is 11.5 Å². The summed E-state index contributed by atoms with van der Waals surface area (Å²) in [5.74, 6) is -28.2. The lowest BCUT2D eigenvalue weighted by atomic mass is 9.92. The molecule has 4 aromatic carbocycles. The van der Waals surface area contributed by atoms with Crippen LogP contribution in [0.15, 0.2) is 97.1 Å². The van der Waals surface area contributed by atoms with Gasteiger partial charge in [0.05, 0.1) is 41.5 Å². The van der Waals surface area contributed by atoms with E-state index in [2.05, 4.69) is 74.4 Å². The number of phenolic OH excluding ortho intramolecular Hbond substituents is 2. The highest BCUT2D eigenvalue weighted by Gasteiger charge is 2.45. The number of hydrogen-bond acceptors (Lipinski definition) is 30. The van der Waals surface area contributed by atoms with Gasteiger partial charge in [0.1, 0.15) is 83.7 Å². The van der Waals surface area contributed by atoms with Crippen molar-refractivity contribution in [3.05, 3.63) is 129 Å². The molecule has 816 valence electrons. The molecule has 50 nitrogen and oxygen atoms in total. The van der Waals surface area contributed by atoms with Crippen LogP contribution in [0.3, 0.4) is 0 Å². The first-order valence-corrected chi connectivity index (χ1v) is 53.6. The van der Waals surface area contributed by atoms with Crippen molar-refractivity contribution in [3.63, 3.8) is 0 Å². The number of nitrogens with two attached hydrogens (primary N) is 8. The Morgan fingerprint density at radius 1 is 0.413 bits per heavy atom. The minimum Gasteiger partial charge on any atom is -0.506 e. The van der Waals surface area contributed by atoms with Gasteiger partial charge in [0.15, 0.2) is 17.7 Å². The fourth-order valence-electron chi connectivity index (χ4n) is 16.2. The number of aromatic hydroxyl groups is 2. The van der Waals surface area contributed by atoms with E-state index in [0.29, 0.717) is 11.1 Å². The largest absolute Gasteiger partial charge is 0.506 e. The predicted molar refractivity (Wildman–Crippen MR) is 555 cm³/mol. The second kappa shape index (κ2) is 62.9. The molecular weight excluding hydrogens is 2080 g/mol. The average Bonchev–Trinajstić information content (AvgIpc) is 1.73. The topological polar surface area (TPSA) is 847 Å². The minimum atomic E-state index is -2.07. The van der Waals surface area contributed by atoms with Crippen molar-refractivity contribution in [2.24, 2.45) is 57.7 Å². The number of rotatable bonds is 38. The molecule has 4 aromatic rings. The van der Waals surface area contributed by atoms with Gasteiger partial charge >= 0.3 is 0 Å². The number of amides is 20. The van der Waals surface area contributed by atoms with Gasteiger partial charge < -0.3 is 140 Å². The van der Waals surface area contributed by atoms with Crippen molar-refractivity contribution in [1.82, 2.24) is 84.2 Å². The van der Waals surface area contributed by atoms with Crippen LogP contribution in [0, 0.1) is 22.7 Å². The van der Waals surface area contributed by atoms with Crippen LogP contribution in [-0.2, 0) is 131 Å². The first-order chi connectivity index (χ1) is 71.2. The molecule has 3 saturated heterocycles. The number of ketones is 2. The lowest BCUT2D eigenvalue weighted by Crippen LogP contribution is -2.60. The minimum absolute atomic E-state index is 0.0305. The Bertz CT molecular complexity index is 5210. The van der Waals surface area contributed by atoms with E-state index in [-0.39, 0.29) is 147 Å². The Morgan fingerprint density at radius 2 is 0.807 bits per heavy atom. The number of carbonyl (C=O) groups excluding carboxylic acids is 22. The van der Waals surface area contributed by atoms with Crippen LogP contribution in [0.1, 0.15) is 138 Å². The maximum absolute atomic E-state index is 15.4. The van der Waals surface area contributed by atoms with Crippen molar-refractivity contribution < 1.29 is 116 Å². The molecule has 0 saturated carbocycles. The summed E-state index contributed by atoms with van der Waals surface area (Å²) in [5.41, 5.74) is 45.8. The van der Waals surface area contributed by atoms with Crippen molar-refractivity contribution in [1.29, 1.82) is 10.8 Å². The molecule has 0 aromatic heterocycles. The van der Waals surface area contributed by atoms with E-state index in [1.165, 1.54) is 36.4 Å². The summed E-state index contributed by atoms with van der Waals surface area (Å²) in [7, 11) is 3.61. The number of likely N-dealkylation sites (tertiary alicyclic amines) is 2. The summed E-state index contributed by atoms with van der Waals surface area (Å²) >= 11 is 12.8. The molecule has 0 bridgehead atoms. The van der Waals surface area contributed by atoms with E-state index >= 15 is 47.9 Å². The van der Waals surface area contributed by atoms with Gasteiger partial charge in [-0.05, 0) is 117 Å². The van der Waals surface area contributed by atoms with E-state index in [1.807, 2.05) is 0 Å². The number of halogens is 2. The number of benzene rings is 4. The zero-order chi connectivity index (χ0) is 110. The maximum Gasteiger partial charge on any atom is 0.246 e. The normalized spacial score (nSPS) is 21.7. The summed E-state index contributed by atoms with van der Waals surface area (Å²) in [6.07, 6.45) is -8.10. The number of nitrogens with one attached hydrogen (secondary N) is 16. The van der Waals surface area contributed by atoms with E-state index < -0.39 is 315 Å². The van der Waals surface area contributed by atoms with Crippen LogP contribution < -0.4 is 120 Å². The third-order valence-electron chi connectivity index (χ3n) is 23.8. The molecule has 0 aliphatic carbocycles. The second-order valence-electron chi connectivity index (χ2n) is 35.6. The number of phenols is 2. The van der Waals surface area contributed by atoms with Crippen LogP contribution >= 0.6 is 66.4 Å². The Hall–Kier alpha value is -14.3. The smallest absolute Gasteiger partial charge is 0.246 e. The highest BCUT2D eigenvalue weighted by atomic mass is 35.5. The van der Waals surface area contributed by atoms with Gasteiger partial charge in [-0.2, -0.15) is 0 Å². The third-order valence-corrected chi connectivity index (χ3v) is 29.2. The molecule has 3 heterocycles. The summed E-state index contributed by atoms with van der Waals surface area (Å²) in [6, 6.07) is 3.93. The van der Waals surface area contributed by atoms with Gasteiger partial charge in [-0.3, -0.25) is 116 Å².